The molecule has 4 heteroatoms. The first-order valence-corrected chi connectivity index (χ1v) is 8.27. The van der Waals surface area contributed by atoms with Crippen molar-refractivity contribution in [1.29, 1.82) is 5.26 Å². The quantitative estimate of drug-likeness (QED) is 0.636. The van der Waals surface area contributed by atoms with Gasteiger partial charge in [0.15, 0.2) is 0 Å². The van der Waals surface area contributed by atoms with Crippen molar-refractivity contribution in [3.8, 4) is 6.07 Å². The van der Waals surface area contributed by atoms with Gasteiger partial charge in [-0.25, -0.2) is 0 Å². The van der Waals surface area contributed by atoms with Gasteiger partial charge in [-0.2, -0.15) is 5.26 Å². The Hall–Kier alpha value is -0.630. The van der Waals surface area contributed by atoms with Gasteiger partial charge < -0.3 is 4.74 Å². The molecule has 2 atom stereocenters. The van der Waals surface area contributed by atoms with Crippen LogP contribution in [0.2, 0.25) is 0 Å². The van der Waals surface area contributed by atoms with Crippen LogP contribution in [0.3, 0.4) is 0 Å². The van der Waals surface area contributed by atoms with E-state index in [2.05, 4.69) is 50.9 Å². The first-order chi connectivity index (χ1) is 9.83. The first-order valence-electron chi connectivity index (χ1n) is 8.27. The third-order valence-electron chi connectivity index (χ3n) is 4.09. The Labute approximate surface area is 131 Å². The van der Waals surface area contributed by atoms with Crippen molar-refractivity contribution < 1.29 is 4.74 Å². The summed E-state index contributed by atoms with van der Waals surface area (Å²) in [5.74, 6) is 0. The highest BCUT2D eigenvalue weighted by Crippen LogP contribution is 2.21. The van der Waals surface area contributed by atoms with E-state index in [0.717, 1.165) is 32.4 Å². The molecule has 0 aromatic carbocycles. The van der Waals surface area contributed by atoms with Crippen LogP contribution >= 0.6 is 0 Å². The second-order valence-corrected chi connectivity index (χ2v) is 6.50. The minimum Gasteiger partial charge on any atom is -0.383 e. The maximum atomic E-state index is 9.54. The van der Waals surface area contributed by atoms with Crippen LogP contribution < -0.4 is 5.32 Å². The third-order valence-corrected chi connectivity index (χ3v) is 4.09. The van der Waals surface area contributed by atoms with Gasteiger partial charge in [0.2, 0.25) is 0 Å². The molecular weight excluding hydrogens is 262 g/mol. The van der Waals surface area contributed by atoms with Crippen LogP contribution in [0, 0.1) is 11.3 Å². The molecule has 124 valence electrons. The smallest absolute Gasteiger partial charge is 0.105 e. The summed E-state index contributed by atoms with van der Waals surface area (Å²) in [5, 5.41) is 12.9. The fourth-order valence-electron chi connectivity index (χ4n) is 3.20. The van der Waals surface area contributed by atoms with Gasteiger partial charge in [-0.1, -0.05) is 13.8 Å². The highest BCUT2D eigenvalue weighted by molar-refractivity contribution is 5.06. The number of ether oxygens (including phenoxy) is 1. The van der Waals surface area contributed by atoms with E-state index in [9.17, 15) is 5.26 Å². The topological polar surface area (TPSA) is 48.3 Å². The molecule has 0 aliphatic rings. The average molecular weight is 297 g/mol. The molecule has 0 saturated heterocycles. The molecule has 0 aromatic rings. The minimum absolute atomic E-state index is 0.308. The van der Waals surface area contributed by atoms with Crippen LogP contribution in [0.1, 0.15) is 60.8 Å². The van der Waals surface area contributed by atoms with Crippen molar-refractivity contribution in [3.63, 3.8) is 0 Å². The molecule has 0 aliphatic carbocycles. The van der Waals surface area contributed by atoms with Gasteiger partial charge in [-0.05, 0) is 47.0 Å². The minimum atomic E-state index is -0.481. The molecule has 0 aliphatic heterocycles. The average Bonchev–Trinajstić information content (AvgIpc) is 2.42. The molecule has 0 bridgehead atoms. The van der Waals surface area contributed by atoms with E-state index >= 15 is 0 Å². The van der Waals surface area contributed by atoms with Gasteiger partial charge in [0.1, 0.15) is 5.54 Å². The Balaban J connectivity index is 4.93. The summed E-state index contributed by atoms with van der Waals surface area (Å²) in [6.45, 7) is 14.5. The highest BCUT2D eigenvalue weighted by Gasteiger charge is 2.31. The van der Waals surface area contributed by atoms with Crippen LogP contribution in [0.15, 0.2) is 0 Å². The number of rotatable bonds is 11. The highest BCUT2D eigenvalue weighted by atomic mass is 16.5. The molecule has 0 rings (SSSR count). The lowest BCUT2D eigenvalue weighted by molar-refractivity contribution is 0.0739. The number of nitriles is 1. The number of hydrogen-bond donors (Lipinski definition) is 1. The van der Waals surface area contributed by atoms with Crippen molar-refractivity contribution in [2.75, 3.05) is 20.3 Å². The lowest BCUT2D eigenvalue weighted by Gasteiger charge is -2.39. The Bertz CT molecular complexity index is 310. The standard InChI is InChI=1S/C17H35N3O/c1-8-16(9-2)20(10-11-21-7)15(5)12-17(6,13-18)19-14(3)4/h14-16,19H,8-12H2,1-7H3. The molecule has 0 radical (unpaired) electrons. The van der Waals surface area contributed by atoms with Gasteiger partial charge in [0, 0.05) is 31.8 Å². The molecule has 4 nitrogen and oxygen atoms in total. The SMILES string of the molecule is CCC(CC)N(CCOC)C(C)CC(C)(C#N)NC(C)C. The zero-order chi connectivity index (χ0) is 16.5. The summed E-state index contributed by atoms with van der Waals surface area (Å²) in [4.78, 5) is 2.50. The molecule has 0 fully saturated rings. The summed E-state index contributed by atoms with van der Waals surface area (Å²) in [5.41, 5.74) is -0.481. The Kier molecular flexibility index (Phi) is 9.85. The predicted octanol–water partition coefficient (Wildman–Crippen LogP) is 3.18. The van der Waals surface area contributed by atoms with E-state index in [0.29, 0.717) is 18.1 Å². The van der Waals surface area contributed by atoms with Crippen LogP contribution in [-0.4, -0.2) is 48.8 Å². The molecule has 1 N–H and O–H groups in total. The maximum Gasteiger partial charge on any atom is 0.105 e. The predicted molar refractivity (Wildman–Crippen MR) is 89.3 cm³/mol. The van der Waals surface area contributed by atoms with Gasteiger partial charge in [-0.15, -0.1) is 0 Å². The summed E-state index contributed by atoms with van der Waals surface area (Å²) in [6, 6.07) is 3.67. The third kappa shape index (κ3) is 7.26. The fourth-order valence-corrected chi connectivity index (χ4v) is 3.20. The monoisotopic (exact) mass is 297 g/mol. The summed E-state index contributed by atoms with van der Waals surface area (Å²) in [7, 11) is 1.75. The van der Waals surface area contributed by atoms with E-state index in [1.165, 1.54) is 0 Å². The van der Waals surface area contributed by atoms with Crippen molar-refractivity contribution >= 4 is 0 Å². The second-order valence-electron chi connectivity index (χ2n) is 6.50. The fraction of sp³-hybridized carbons (Fsp3) is 0.941. The number of nitrogens with zero attached hydrogens (tertiary/aromatic N) is 2. The van der Waals surface area contributed by atoms with Crippen LogP contribution in [0.4, 0.5) is 0 Å². The first kappa shape index (κ1) is 20.4. The summed E-state index contributed by atoms with van der Waals surface area (Å²) < 4.78 is 5.26. The molecule has 0 aromatic heterocycles. The van der Waals surface area contributed by atoms with E-state index in [4.69, 9.17) is 4.74 Å². The molecule has 21 heavy (non-hydrogen) atoms. The molecule has 0 saturated carbocycles. The molecular formula is C17H35N3O. The van der Waals surface area contributed by atoms with Crippen LogP contribution in [0.5, 0.6) is 0 Å². The van der Waals surface area contributed by atoms with Gasteiger partial charge in [-0.3, -0.25) is 10.2 Å². The van der Waals surface area contributed by atoms with Gasteiger partial charge >= 0.3 is 0 Å². The van der Waals surface area contributed by atoms with E-state index in [-0.39, 0.29) is 0 Å². The molecule has 0 spiro atoms. The Morgan fingerprint density at radius 2 is 1.81 bits per heavy atom. The van der Waals surface area contributed by atoms with Gasteiger partial charge in [0.25, 0.3) is 0 Å². The Morgan fingerprint density at radius 1 is 1.24 bits per heavy atom. The van der Waals surface area contributed by atoms with Crippen molar-refractivity contribution in [3.05, 3.63) is 0 Å². The van der Waals surface area contributed by atoms with Crippen molar-refractivity contribution in [2.45, 2.75) is 84.5 Å². The van der Waals surface area contributed by atoms with Crippen LogP contribution in [-0.2, 0) is 4.74 Å². The maximum absolute atomic E-state index is 9.54. The van der Waals surface area contributed by atoms with Crippen molar-refractivity contribution in [2.24, 2.45) is 0 Å². The largest absolute Gasteiger partial charge is 0.383 e. The Morgan fingerprint density at radius 3 is 2.19 bits per heavy atom. The zero-order valence-electron chi connectivity index (χ0n) is 15.1. The van der Waals surface area contributed by atoms with Crippen molar-refractivity contribution in [1.82, 2.24) is 10.2 Å². The second kappa shape index (κ2) is 10.2. The van der Waals surface area contributed by atoms with Gasteiger partial charge in [0.05, 0.1) is 12.7 Å². The normalized spacial score (nSPS) is 16.2. The zero-order valence-corrected chi connectivity index (χ0v) is 15.1. The number of hydrogen-bond acceptors (Lipinski definition) is 4. The lowest BCUT2D eigenvalue weighted by Crippen LogP contribution is -2.52. The van der Waals surface area contributed by atoms with E-state index in [1.807, 2.05) is 6.92 Å². The summed E-state index contributed by atoms with van der Waals surface area (Å²) in [6.07, 6.45) is 3.08. The number of methoxy groups -OCH3 is 1. The van der Waals surface area contributed by atoms with E-state index in [1.54, 1.807) is 7.11 Å². The molecule has 2 unspecified atom stereocenters. The van der Waals surface area contributed by atoms with E-state index < -0.39 is 5.54 Å². The molecule has 0 amide bonds. The molecule has 0 heterocycles. The number of nitrogens with one attached hydrogen (secondary N) is 1. The van der Waals surface area contributed by atoms with Crippen LogP contribution in [0.25, 0.3) is 0 Å². The summed E-state index contributed by atoms with van der Waals surface area (Å²) >= 11 is 0. The lowest BCUT2D eigenvalue weighted by atomic mass is 9.92.